The summed E-state index contributed by atoms with van der Waals surface area (Å²) in [6, 6.07) is 6.76. The van der Waals surface area contributed by atoms with Gasteiger partial charge in [0.05, 0.1) is 4.90 Å². The average Bonchev–Trinajstić information content (AvgIpc) is 2.77. The second-order valence-electron chi connectivity index (χ2n) is 4.21. The average molecular weight is 265 g/mol. The number of sulfone groups is 1. The Morgan fingerprint density at radius 1 is 1.39 bits per heavy atom. The fourth-order valence-electron chi connectivity index (χ4n) is 2.13. The molecule has 1 aromatic rings. The van der Waals surface area contributed by atoms with E-state index in [0.29, 0.717) is 24.9 Å². The first-order valence-corrected chi connectivity index (χ1v) is 7.32. The maximum Gasteiger partial charge on any atom is 0.238 e. The van der Waals surface area contributed by atoms with Crippen LogP contribution in [-0.2, 0) is 21.1 Å². The van der Waals surface area contributed by atoms with Gasteiger partial charge in [-0.1, -0.05) is 24.3 Å². The maximum atomic E-state index is 12.4. The molecule has 1 unspecified atom stereocenters. The molecule has 0 aromatic heterocycles. The molecule has 4 nitrogen and oxygen atoms in total. The van der Waals surface area contributed by atoms with Gasteiger partial charge in [0.25, 0.3) is 0 Å². The third-order valence-corrected chi connectivity index (χ3v) is 5.23. The van der Waals surface area contributed by atoms with Crippen molar-refractivity contribution in [3.63, 3.8) is 0 Å². The molecule has 1 N–H and O–H groups in total. The fourth-order valence-corrected chi connectivity index (χ4v) is 4.01. The Morgan fingerprint density at radius 2 is 2.11 bits per heavy atom. The van der Waals surface area contributed by atoms with E-state index in [9.17, 15) is 13.2 Å². The number of nitrogens with one attached hydrogen (secondary N) is 1. The minimum absolute atomic E-state index is 0.243. The lowest BCUT2D eigenvalue weighted by Gasteiger charge is -2.12. The summed E-state index contributed by atoms with van der Waals surface area (Å²) >= 11 is 0. The largest absolute Gasteiger partial charge is 0.355 e. The van der Waals surface area contributed by atoms with Crippen molar-refractivity contribution in [1.82, 2.24) is 5.32 Å². The molecule has 1 fully saturated rings. The van der Waals surface area contributed by atoms with Crippen molar-refractivity contribution >= 4 is 15.7 Å². The second-order valence-corrected chi connectivity index (χ2v) is 6.31. The Hall–Kier alpha value is -1.62. The van der Waals surface area contributed by atoms with Gasteiger partial charge < -0.3 is 5.32 Å². The molecule has 1 heterocycles. The Labute approximate surface area is 107 Å². The van der Waals surface area contributed by atoms with Crippen molar-refractivity contribution in [3.8, 4) is 0 Å². The van der Waals surface area contributed by atoms with Gasteiger partial charge in [0.1, 0.15) is 5.25 Å². The van der Waals surface area contributed by atoms with E-state index >= 15 is 0 Å². The van der Waals surface area contributed by atoms with E-state index in [4.69, 9.17) is 0 Å². The molecule has 0 bridgehead atoms. The highest BCUT2D eigenvalue weighted by Crippen LogP contribution is 2.24. The molecule has 2 rings (SSSR count). The van der Waals surface area contributed by atoms with Crippen molar-refractivity contribution in [2.75, 3.05) is 6.54 Å². The van der Waals surface area contributed by atoms with E-state index < -0.39 is 21.0 Å². The highest BCUT2D eigenvalue weighted by Gasteiger charge is 2.38. The van der Waals surface area contributed by atoms with E-state index in [1.54, 1.807) is 30.3 Å². The van der Waals surface area contributed by atoms with Crippen LogP contribution in [0.1, 0.15) is 12.0 Å². The number of hydrogen-bond donors (Lipinski definition) is 1. The summed E-state index contributed by atoms with van der Waals surface area (Å²) in [4.78, 5) is 11.8. The van der Waals surface area contributed by atoms with Crippen molar-refractivity contribution in [3.05, 3.63) is 42.5 Å². The van der Waals surface area contributed by atoms with Gasteiger partial charge in [-0.15, -0.1) is 6.58 Å². The molecule has 0 radical (unpaired) electrons. The van der Waals surface area contributed by atoms with Crippen LogP contribution in [0.2, 0.25) is 0 Å². The smallest absolute Gasteiger partial charge is 0.238 e. The van der Waals surface area contributed by atoms with Crippen LogP contribution in [0.3, 0.4) is 0 Å². The van der Waals surface area contributed by atoms with Crippen molar-refractivity contribution in [2.45, 2.75) is 23.0 Å². The third kappa shape index (κ3) is 2.18. The van der Waals surface area contributed by atoms with Crippen molar-refractivity contribution in [1.29, 1.82) is 0 Å². The predicted octanol–water partition coefficient (Wildman–Crippen LogP) is 1.08. The lowest BCUT2D eigenvalue weighted by atomic mass is 10.1. The highest BCUT2D eigenvalue weighted by atomic mass is 32.2. The third-order valence-electron chi connectivity index (χ3n) is 3.02. The van der Waals surface area contributed by atoms with Crippen LogP contribution in [0.15, 0.2) is 41.8 Å². The van der Waals surface area contributed by atoms with Crippen LogP contribution >= 0.6 is 0 Å². The summed E-state index contributed by atoms with van der Waals surface area (Å²) in [7, 11) is -3.60. The highest BCUT2D eigenvalue weighted by molar-refractivity contribution is 7.92. The molecule has 18 heavy (non-hydrogen) atoms. The fraction of sp³-hybridized carbons (Fsp3) is 0.308. The number of benzene rings is 1. The van der Waals surface area contributed by atoms with E-state index in [-0.39, 0.29) is 4.90 Å². The van der Waals surface area contributed by atoms with Crippen LogP contribution in [0.25, 0.3) is 0 Å². The molecule has 0 aliphatic carbocycles. The molecule has 1 saturated heterocycles. The van der Waals surface area contributed by atoms with E-state index in [2.05, 4.69) is 11.9 Å². The zero-order valence-electron chi connectivity index (χ0n) is 9.93. The first-order valence-electron chi connectivity index (χ1n) is 5.78. The number of amides is 1. The van der Waals surface area contributed by atoms with Gasteiger partial charge in [-0.3, -0.25) is 4.79 Å². The molecule has 0 saturated carbocycles. The zero-order valence-corrected chi connectivity index (χ0v) is 10.7. The second kappa shape index (κ2) is 4.94. The lowest BCUT2D eigenvalue weighted by molar-refractivity contribution is -0.118. The first kappa shape index (κ1) is 12.8. The summed E-state index contributed by atoms with van der Waals surface area (Å²) in [6.07, 6.45) is 2.47. The number of hydrogen-bond acceptors (Lipinski definition) is 3. The maximum absolute atomic E-state index is 12.4. The molecular formula is C13H15NO3S. The molecule has 96 valence electrons. The molecule has 5 heteroatoms. The van der Waals surface area contributed by atoms with Crippen LogP contribution < -0.4 is 5.32 Å². The number of rotatable bonds is 4. The van der Waals surface area contributed by atoms with E-state index in [0.717, 1.165) is 0 Å². The summed E-state index contributed by atoms with van der Waals surface area (Å²) in [5, 5.41) is 1.60. The zero-order chi connectivity index (χ0) is 13.2. The monoisotopic (exact) mass is 265 g/mol. The minimum Gasteiger partial charge on any atom is -0.355 e. The van der Waals surface area contributed by atoms with Crippen molar-refractivity contribution in [2.24, 2.45) is 0 Å². The van der Waals surface area contributed by atoms with Crippen LogP contribution in [0, 0.1) is 0 Å². The Bertz CT molecular complexity index is 578. The summed E-state index contributed by atoms with van der Waals surface area (Å²) in [6.45, 7) is 4.04. The van der Waals surface area contributed by atoms with Gasteiger partial charge in [0.2, 0.25) is 5.91 Å². The molecule has 1 aliphatic rings. The van der Waals surface area contributed by atoms with Crippen LogP contribution in [0.4, 0.5) is 0 Å². The molecule has 1 aromatic carbocycles. The Balaban J connectivity index is 2.47. The summed E-state index contributed by atoms with van der Waals surface area (Å²) < 4.78 is 24.9. The number of carbonyl (C=O) groups is 1. The van der Waals surface area contributed by atoms with Crippen LogP contribution in [0.5, 0.6) is 0 Å². The standard InChI is InChI=1S/C13H15NO3S/c1-2-5-10-6-3-4-7-11(10)18(16,17)12-8-9-14-13(12)15/h2-4,6-7,12H,1,5,8-9H2,(H,14,15). The number of allylic oxidation sites excluding steroid dienone is 1. The van der Waals surface area contributed by atoms with Gasteiger partial charge in [0, 0.05) is 6.54 Å². The first-order chi connectivity index (χ1) is 8.57. The SMILES string of the molecule is C=CCc1ccccc1S(=O)(=O)C1CCNC1=O. The van der Waals surface area contributed by atoms with Gasteiger partial charge in [0.15, 0.2) is 9.84 Å². The Morgan fingerprint density at radius 3 is 2.72 bits per heavy atom. The predicted molar refractivity (Wildman–Crippen MR) is 68.9 cm³/mol. The van der Waals surface area contributed by atoms with Gasteiger partial charge >= 0.3 is 0 Å². The normalized spacial score (nSPS) is 19.6. The van der Waals surface area contributed by atoms with E-state index in [1.807, 2.05) is 0 Å². The van der Waals surface area contributed by atoms with Gasteiger partial charge in [-0.25, -0.2) is 8.42 Å². The molecule has 1 amide bonds. The van der Waals surface area contributed by atoms with Crippen molar-refractivity contribution < 1.29 is 13.2 Å². The van der Waals surface area contributed by atoms with Crippen LogP contribution in [-0.4, -0.2) is 26.1 Å². The molecule has 0 spiro atoms. The summed E-state index contributed by atoms with van der Waals surface area (Å²) in [5.41, 5.74) is 0.687. The molecular weight excluding hydrogens is 250 g/mol. The van der Waals surface area contributed by atoms with Gasteiger partial charge in [-0.05, 0) is 24.5 Å². The topological polar surface area (TPSA) is 63.2 Å². The van der Waals surface area contributed by atoms with E-state index in [1.165, 1.54) is 0 Å². The quantitative estimate of drug-likeness (QED) is 0.828. The minimum atomic E-state index is -3.60. The molecule has 1 aliphatic heterocycles. The Kier molecular flexibility index (Phi) is 3.52. The molecule has 1 atom stereocenters. The summed E-state index contributed by atoms with van der Waals surface area (Å²) in [5.74, 6) is -0.400. The lowest BCUT2D eigenvalue weighted by Crippen LogP contribution is -2.31. The van der Waals surface area contributed by atoms with Gasteiger partial charge in [-0.2, -0.15) is 0 Å². The number of carbonyl (C=O) groups excluding carboxylic acids is 1.